The Bertz CT molecular complexity index is 1500. The fourth-order valence-corrected chi connectivity index (χ4v) is 4.43. The molecular weight excluding hydrogens is 497 g/mol. The summed E-state index contributed by atoms with van der Waals surface area (Å²) in [5.74, 6) is -0.672. The van der Waals surface area contributed by atoms with Crippen molar-refractivity contribution in [1.29, 1.82) is 0 Å². The highest BCUT2D eigenvalue weighted by Crippen LogP contribution is 2.34. The van der Waals surface area contributed by atoms with Crippen molar-refractivity contribution in [2.75, 3.05) is 18.0 Å². The van der Waals surface area contributed by atoms with Gasteiger partial charge in [-0.15, -0.1) is 0 Å². The molecule has 1 aliphatic rings. The third-order valence-corrected chi connectivity index (χ3v) is 6.56. The average Bonchev–Trinajstić information content (AvgIpc) is 3.38. The van der Waals surface area contributed by atoms with Gasteiger partial charge in [0.1, 0.15) is 28.9 Å². The summed E-state index contributed by atoms with van der Waals surface area (Å²) in [6.07, 6.45) is 6.32. The second-order valence-electron chi connectivity index (χ2n) is 9.89. The van der Waals surface area contributed by atoms with Crippen molar-refractivity contribution < 1.29 is 23.4 Å². The van der Waals surface area contributed by atoms with E-state index in [0.29, 0.717) is 59.6 Å². The molecule has 1 aromatic carbocycles. The highest BCUT2D eigenvalue weighted by Gasteiger charge is 2.28. The second kappa shape index (κ2) is 10.1. The van der Waals surface area contributed by atoms with Gasteiger partial charge in [-0.2, -0.15) is 5.10 Å². The minimum Gasteiger partial charge on any atom is -0.387 e. The van der Waals surface area contributed by atoms with Crippen molar-refractivity contribution >= 4 is 22.9 Å². The van der Waals surface area contributed by atoms with Gasteiger partial charge in [-0.05, 0) is 44.9 Å². The van der Waals surface area contributed by atoms with Crippen LogP contribution >= 0.6 is 0 Å². The third-order valence-electron chi connectivity index (χ3n) is 6.56. The SMILES string of the molecule is CC(C)(O)[C@@H](O)c1cc2nc(N3CCC(=Cc4ccc(F)cc4F)CC3)c(-c3cnn(CF)c3)nc2cn1. The van der Waals surface area contributed by atoms with Crippen molar-refractivity contribution in [3.8, 4) is 11.3 Å². The zero-order valence-corrected chi connectivity index (χ0v) is 20.9. The van der Waals surface area contributed by atoms with Crippen LogP contribution < -0.4 is 4.90 Å². The first-order chi connectivity index (χ1) is 18.1. The summed E-state index contributed by atoms with van der Waals surface area (Å²) in [6.45, 7) is 3.31. The molecule has 0 radical (unpaired) electrons. The molecule has 198 valence electrons. The smallest absolute Gasteiger partial charge is 0.181 e. The van der Waals surface area contributed by atoms with E-state index in [9.17, 15) is 23.4 Å². The lowest BCUT2D eigenvalue weighted by Gasteiger charge is -2.31. The Morgan fingerprint density at radius 1 is 1.08 bits per heavy atom. The lowest BCUT2D eigenvalue weighted by atomic mass is 9.98. The number of alkyl halides is 1. The molecule has 1 fully saturated rings. The van der Waals surface area contributed by atoms with Crippen LogP contribution in [0.25, 0.3) is 28.4 Å². The highest BCUT2D eigenvalue weighted by atomic mass is 19.1. The molecule has 0 bridgehead atoms. The topological polar surface area (TPSA) is 100 Å². The van der Waals surface area contributed by atoms with Crippen molar-refractivity contribution in [2.45, 2.75) is 45.2 Å². The number of nitrogens with zero attached hydrogens (tertiary/aromatic N) is 6. The van der Waals surface area contributed by atoms with Gasteiger partial charge in [0.15, 0.2) is 12.6 Å². The van der Waals surface area contributed by atoms with Crippen molar-refractivity contribution in [1.82, 2.24) is 24.7 Å². The van der Waals surface area contributed by atoms with Crippen LogP contribution in [0.2, 0.25) is 0 Å². The standard InChI is InChI=1S/C27H27F3N6O2/c1-27(2,38)25(37)22-11-21-23(13-31-22)33-24(18-12-32-36(14-18)15-28)26(34-21)35-7-5-16(6-8-35)9-17-3-4-19(29)10-20(17)30/h3-4,9-14,25,37-38H,5-8,15H2,1-2H3/t25-/m0/s1. The number of pyridine rings is 1. The summed E-state index contributed by atoms with van der Waals surface area (Å²) in [7, 11) is 0. The van der Waals surface area contributed by atoms with Crippen molar-refractivity contribution in [3.05, 3.63) is 71.3 Å². The molecule has 4 heterocycles. The molecule has 0 saturated carbocycles. The second-order valence-corrected chi connectivity index (χ2v) is 9.89. The van der Waals surface area contributed by atoms with Crippen LogP contribution in [0.5, 0.6) is 0 Å². The molecule has 11 heteroatoms. The summed E-state index contributed by atoms with van der Waals surface area (Å²) >= 11 is 0. The first-order valence-corrected chi connectivity index (χ1v) is 12.2. The van der Waals surface area contributed by atoms with Gasteiger partial charge < -0.3 is 15.1 Å². The maximum atomic E-state index is 14.1. The van der Waals surface area contributed by atoms with Gasteiger partial charge in [0.2, 0.25) is 0 Å². The fraction of sp³-hybridized carbons (Fsp3) is 0.333. The van der Waals surface area contributed by atoms with Crippen molar-refractivity contribution in [2.24, 2.45) is 0 Å². The molecule has 1 atom stereocenters. The van der Waals surface area contributed by atoms with Crippen LogP contribution in [-0.4, -0.2) is 53.6 Å². The predicted molar refractivity (Wildman–Crippen MR) is 137 cm³/mol. The minimum atomic E-state index is -1.41. The molecule has 4 aromatic rings. The molecule has 8 nitrogen and oxygen atoms in total. The summed E-state index contributed by atoms with van der Waals surface area (Å²) in [5.41, 5.74) is 2.24. The molecule has 0 aliphatic carbocycles. The van der Waals surface area contributed by atoms with Crippen LogP contribution in [0.4, 0.5) is 19.0 Å². The van der Waals surface area contributed by atoms with Gasteiger partial charge in [0.05, 0.1) is 29.2 Å². The normalized spacial score (nSPS) is 15.2. The molecule has 1 saturated heterocycles. The maximum absolute atomic E-state index is 14.1. The Labute approximate surface area is 217 Å². The number of fused-ring (bicyclic) bond motifs is 1. The summed E-state index contributed by atoms with van der Waals surface area (Å²) in [5, 5.41) is 24.8. The van der Waals surface area contributed by atoms with Gasteiger partial charge in [-0.3, -0.25) is 4.98 Å². The van der Waals surface area contributed by atoms with Crippen molar-refractivity contribution in [3.63, 3.8) is 0 Å². The number of halogens is 3. The number of aromatic nitrogens is 5. The van der Waals surface area contributed by atoms with Crippen LogP contribution in [0, 0.1) is 11.6 Å². The van der Waals surface area contributed by atoms with E-state index >= 15 is 0 Å². The quantitative estimate of drug-likeness (QED) is 0.381. The maximum Gasteiger partial charge on any atom is 0.181 e. The van der Waals surface area contributed by atoms with Crippen LogP contribution in [0.15, 0.2) is 48.4 Å². The van der Waals surface area contributed by atoms with Gasteiger partial charge in [0.25, 0.3) is 0 Å². The number of hydrogen-bond donors (Lipinski definition) is 2. The Morgan fingerprint density at radius 2 is 1.84 bits per heavy atom. The van der Waals surface area contributed by atoms with Crippen LogP contribution in [-0.2, 0) is 6.80 Å². The Balaban J connectivity index is 1.50. The number of hydrogen-bond acceptors (Lipinski definition) is 7. The van der Waals surface area contributed by atoms with E-state index in [4.69, 9.17) is 9.97 Å². The largest absolute Gasteiger partial charge is 0.387 e. The van der Waals surface area contributed by atoms with E-state index in [1.54, 1.807) is 18.3 Å². The minimum absolute atomic E-state index is 0.258. The number of aliphatic hydroxyl groups is 2. The zero-order valence-electron chi connectivity index (χ0n) is 20.9. The molecule has 0 amide bonds. The molecule has 2 N–H and O–H groups in total. The molecule has 0 spiro atoms. The van der Waals surface area contributed by atoms with E-state index in [1.807, 2.05) is 4.90 Å². The third kappa shape index (κ3) is 5.25. The van der Waals surface area contributed by atoms with E-state index in [2.05, 4.69) is 10.1 Å². The van der Waals surface area contributed by atoms with E-state index in [-0.39, 0.29) is 5.69 Å². The molecule has 1 aliphatic heterocycles. The first-order valence-electron chi connectivity index (χ1n) is 12.2. The molecule has 0 unspecified atom stereocenters. The summed E-state index contributed by atoms with van der Waals surface area (Å²) < 4.78 is 41.8. The Morgan fingerprint density at radius 3 is 2.50 bits per heavy atom. The van der Waals surface area contributed by atoms with E-state index in [1.165, 1.54) is 38.4 Å². The van der Waals surface area contributed by atoms with Gasteiger partial charge in [-0.25, -0.2) is 27.8 Å². The average molecular weight is 525 g/mol. The zero-order chi connectivity index (χ0) is 27.0. The van der Waals surface area contributed by atoms with Gasteiger partial charge in [0, 0.05) is 36.5 Å². The lowest BCUT2D eigenvalue weighted by Crippen LogP contribution is -2.32. The Kier molecular flexibility index (Phi) is 6.89. The number of aliphatic hydroxyl groups excluding tert-OH is 1. The Hall–Kier alpha value is -3.83. The molecule has 38 heavy (non-hydrogen) atoms. The van der Waals surface area contributed by atoms with Crippen LogP contribution in [0.1, 0.15) is 44.1 Å². The lowest BCUT2D eigenvalue weighted by molar-refractivity contribution is -0.0516. The molecular formula is C27H27F3N6O2. The summed E-state index contributed by atoms with van der Waals surface area (Å²) in [6, 6.07) is 5.12. The monoisotopic (exact) mass is 524 g/mol. The van der Waals surface area contributed by atoms with Crippen LogP contribution in [0.3, 0.4) is 0 Å². The summed E-state index contributed by atoms with van der Waals surface area (Å²) in [4.78, 5) is 15.9. The number of anilines is 1. The molecule has 5 rings (SSSR count). The predicted octanol–water partition coefficient (Wildman–Crippen LogP) is 4.58. The van der Waals surface area contributed by atoms with E-state index in [0.717, 1.165) is 16.3 Å². The fourth-order valence-electron chi connectivity index (χ4n) is 4.43. The number of rotatable bonds is 6. The van der Waals surface area contributed by atoms with Gasteiger partial charge >= 0.3 is 0 Å². The first kappa shape index (κ1) is 25.8. The van der Waals surface area contributed by atoms with E-state index < -0.39 is 30.1 Å². The number of piperidine rings is 1. The molecule has 3 aromatic heterocycles. The van der Waals surface area contributed by atoms with Gasteiger partial charge in [-0.1, -0.05) is 11.6 Å². The number of benzene rings is 1. The highest BCUT2D eigenvalue weighted by molar-refractivity contribution is 5.83.